The molecule has 0 unspecified atom stereocenters. The molecule has 0 aliphatic carbocycles. The van der Waals surface area contributed by atoms with Gasteiger partial charge < -0.3 is 4.74 Å². The highest BCUT2D eigenvalue weighted by molar-refractivity contribution is 7.88. The fourth-order valence-corrected chi connectivity index (χ4v) is 5.39. The van der Waals surface area contributed by atoms with Gasteiger partial charge in [-0.25, -0.2) is 12.7 Å². The number of sulfonamides is 1. The quantitative estimate of drug-likeness (QED) is 0.765. The van der Waals surface area contributed by atoms with Crippen LogP contribution in [0.3, 0.4) is 0 Å². The van der Waals surface area contributed by atoms with E-state index in [0.29, 0.717) is 25.3 Å². The Morgan fingerprint density at radius 2 is 1.86 bits per heavy atom. The standard InChI is InChI=1S/C20H20F3NO3S/c21-20(22,23)18-4-1-14(2-5-18)13-28(25,26)24-9-7-17(12-24)15-3-6-19-16(11-15)8-10-27-19/h1-6,11,17H,7-10,12-13H2/t17-/m0/s1. The van der Waals surface area contributed by atoms with E-state index in [9.17, 15) is 21.6 Å². The lowest BCUT2D eigenvalue weighted by molar-refractivity contribution is -0.137. The van der Waals surface area contributed by atoms with Crippen molar-refractivity contribution >= 4 is 10.0 Å². The molecule has 8 heteroatoms. The molecule has 2 aliphatic rings. The lowest BCUT2D eigenvalue weighted by Gasteiger charge is -2.17. The average molecular weight is 411 g/mol. The number of nitrogens with zero attached hydrogens (tertiary/aromatic N) is 1. The predicted octanol–water partition coefficient (Wildman–Crippen LogP) is 3.96. The summed E-state index contributed by atoms with van der Waals surface area (Å²) in [5, 5.41) is 0. The maximum atomic E-state index is 12.7. The van der Waals surface area contributed by atoms with Gasteiger partial charge in [0.2, 0.25) is 10.0 Å². The van der Waals surface area contributed by atoms with E-state index in [-0.39, 0.29) is 11.7 Å². The summed E-state index contributed by atoms with van der Waals surface area (Å²) in [7, 11) is -3.59. The smallest absolute Gasteiger partial charge is 0.416 e. The summed E-state index contributed by atoms with van der Waals surface area (Å²) in [4.78, 5) is 0. The second-order valence-corrected chi connectivity index (χ2v) is 9.23. The second-order valence-electron chi connectivity index (χ2n) is 7.26. The zero-order valence-corrected chi connectivity index (χ0v) is 15.9. The fourth-order valence-electron chi connectivity index (χ4n) is 3.81. The van der Waals surface area contributed by atoms with Gasteiger partial charge in [-0.2, -0.15) is 13.2 Å². The Kier molecular flexibility index (Phi) is 4.87. The Morgan fingerprint density at radius 3 is 2.57 bits per heavy atom. The maximum absolute atomic E-state index is 12.7. The summed E-state index contributed by atoms with van der Waals surface area (Å²) < 4.78 is 70.4. The molecule has 0 N–H and O–H groups in total. The van der Waals surface area contributed by atoms with E-state index in [0.717, 1.165) is 41.9 Å². The minimum absolute atomic E-state index is 0.119. The lowest BCUT2D eigenvalue weighted by atomic mass is 9.96. The zero-order valence-electron chi connectivity index (χ0n) is 15.1. The summed E-state index contributed by atoms with van der Waals surface area (Å²) in [6, 6.07) is 10.3. The van der Waals surface area contributed by atoms with Crippen molar-refractivity contribution in [3.63, 3.8) is 0 Å². The van der Waals surface area contributed by atoms with E-state index in [1.807, 2.05) is 12.1 Å². The molecule has 2 heterocycles. The van der Waals surface area contributed by atoms with Gasteiger partial charge in [0.15, 0.2) is 0 Å². The van der Waals surface area contributed by atoms with E-state index in [1.54, 1.807) is 0 Å². The number of benzene rings is 2. The van der Waals surface area contributed by atoms with Crippen molar-refractivity contribution in [2.24, 2.45) is 0 Å². The normalized spacial score (nSPS) is 20.2. The monoisotopic (exact) mass is 411 g/mol. The van der Waals surface area contributed by atoms with Gasteiger partial charge in [-0.1, -0.05) is 24.3 Å². The van der Waals surface area contributed by atoms with E-state index in [2.05, 4.69) is 6.07 Å². The van der Waals surface area contributed by atoms with Crippen molar-refractivity contribution in [3.05, 3.63) is 64.7 Å². The molecule has 2 aliphatic heterocycles. The van der Waals surface area contributed by atoms with Crippen LogP contribution in [0.4, 0.5) is 13.2 Å². The van der Waals surface area contributed by atoms with Gasteiger partial charge in [0, 0.05) is 19.5 Å². The Morgan fingerprint density at radius 1 is 1.11 bits per heavy atom. The molecule has 1 fully saturated rings. The first-order valence-corrected chi connectivity index (χ1v) is 10.7. The molecule has 0 radical (unpaired) electrons. The highest BCUT2D eigenvalue weighted by Gasteiger charge is 2.33. The van der Waals surface area contributed by atoms with Gasteiger partial charge in [-0.15, -0.1) is 0 Å². The summed E-state index contributed by atoms with van der Waals surface area (Å²) >= 11 is 0. The first kappa shape index (κ1) is 19.3. The third kappa shape index (κ3) is 3.89. The van der Waals surface area contributed by atoms with Crippen LogP contribution >= 0.6 is 0 Å². The van der Waals surface area contributed by atoms with Crippen molar-refractivity contribution in [1.82, 2.24) is 4.31 Å². The van der Waals surface area contributed by atoms with Crippen molar-refractivity contribution < 1.29 is 26.3 Å². The number of halogens is 3. The van der Waals surface area contributed by atoms with E-state index in [4.69, 9.17) is 4.74 Å². The van der Waals surface area contributed by atoms with Crippen LogP contribution in [-0.4, -0.2) is 32.4 Å². The number of rotatable bonds is 4. The minimum atomic E-state index is -4.43. The first-order valence-electron chi connectivity index (χ1n) is 9.12. The molecule has 4 nitrogen and oxygen atoms in total. The Bertz CT molecular complexity index is 971. The predicted molar refractivity (Wildman–Crippen MR) is 98.6 cm³/mol. The van der Waals surface area contributed by atoms with Gasteiger partial charge in [0.1, 0.15) is 5.75 Å². The maximum Gasteiger partial charge on any atom is 0.416 e. The second kappa shape index (κ2) is 7.08. The van der Waals surface area contributed by atoms with E-state index < -0.39 is 21.8 Å². The summed E-state index contributed by atoms with van der Waals surface area (Å²) in [5.41, 5.74) is 1.83. The highest BCUT2D eigenvalue weighted by atomic mass is 32.2. The molecule has 0 aromatic heterocycles. The molecule has 0 bridgehead atoms. The Hall–Kier alpha value is -2.06. The molecule has 0 saturated carbocycles. The third-order valence-electron chi connectivity index (χ3n) is 5.36. The largest absolute Gasteiger partial charge is 0.493 e. The van der Waals surface area contributed by atoms with Crippen LogP contribution in [0.1, 0.15) is 34.6 Å². The van der Waals surface area contributed by atoms with Crippen LogP contribution in [0.5, 0.6) is 5.75 Å². The Labute approximate surface area is 162 Å². The van der Waals surface area contributed by atoms with Crippen LogP contribution in [0, 0.1) is 0 Å². The fraction of sp³-hybridized carbons (Fsp3) is 0.400. The molecule has 2 aromatic rings. The van der Waals surface area contributed by atoms with Crippen molar-refractivity contribution in [2.45, 2.75) is 30.7 Å². The Balaban J connectivity index is 1.44. The van der Waals surface area contributed by atoms with Crippen molar-refractivity contribution in [2.75, 3.05) is 19.7 Å². The van der Waals surface area contributed by atoms with Gasteiger partial charge in [-0.05, 0) is 47.2 Å². The van der Waals surface area contributed by atoms with Crippen LogP contribution in [0.15, 0.2) is 42.5 Å². The molecule has 1 saturated heterocycles. The number of hydrogen-bond donors (Lipinski definition) is 0. The minimum Gasteiger partial charge on any atom is -0.493 e. The summed E-state index contributed by atoms with van der Waals surface area (Å²) in [6.45, 7) is 1.49. The van der Waals surface area contributed by atoms with E-state index in [1.165, 1.54) is 16.4 Å². The highest BCUT2D eigenvalue weighted by Crippen LogP contribution is 2.34. The summed E-state index contributed by atoms with van der Waals surface area (Å²) in [6.07, 6.45) is -2.84. The van der Waals surface area contributed by atoms with Crippen LogP contribution in [0.25, 0.3) is 0 Å². The number of alkyl halides is 3. The van der Waals surface area contributed by atoms with Crippen LogP contribution < -0.4 is 4.74 Å². The molecule has 2 aromatic carbocycles. The number of hydrogen-bond acceptors (Lipinski definition) is 3. The first-order chi connectivity index (χ1) is 13.2. The molecule has 1 atom stereocenters. The van der Waals surface area contributed by atoms with Crippen molar-refractivity contribution in [1.29, 1.82) is 0 Å². The molecule has 4 rings (SSSR count). The number of ether oxygens (including phenoxy) is 1. The zero-order chi connectivity index (χ0) is 19.9. The third-order valence-corrected chi connectivity index (χ3v) is 7.18. The van der Waals surface area contributed by atoms with Gasteiger partial charge in [0.05, 0.1) is 17.9 Å². The lowest BCUT2D eigenvalue weighted by Crippen LogP contribution is -2.29. The molecule has 0 amide bonds. The van der Waals surface area contributed by atoms with Gasteiger partial charge in [0.25, 0.3) is 0 Å². The van der Waals surface area contributed by atoms with E-state index >= 15 is 0 Å². The van der Waals surface area contributed by atoms with Gasteiger partial charge in [-0.3, -0.25) is 0 Å². The van der Waals surface area contributed by atoms with Crippen LogP contribution in [-0.2, 0) is 28.4 Å². The molecule has 0 spiro atoms. The molecular formula is C20H20F3NO3S. The molecule has 28 heavy (non-hydrogen) atoms. The molecule has 150 valence electrons. The number of fused-ring (bicyclic) bond motifs is 1. The molecular weight excluding hydrogens is 391 g/mol. The summed E-state index contributed by atoms with van der Waals surface area (Å²) in [5.74, 6) is 0.720. The van der Waals surface area contributed by atoms with Crippen molar-refractivity contribution in [3.8, 4) is 5.75 Å². The van der Waals surface area contributed by atoms with Gasteiger partial charge >= 0.3 is 6.18 Å². The SMILES string of the molecule is O=S(=O)(Cc1ccc(C(F)(F)F)cc1)N1CC[C@H](c2ccc3c(c2)CCO3)C1. The topological polar surface area (TPSA) is 46.6 Å². The average Bonchev–Trinajstić information content (AvgIpc) is 3.30. The van der Waals surface area contributed by atoms with Crippen LogP contribution in [0.2, 0.25) is 0 Å².